The normalized spacial score (nSPS) is 28.9. The number of ether oxygens (including phenoxy) is 2. The topological polar surface area (TPSA) is 192 Å². The van der Waals surface area contributed by atoms with Crippen molar-refractivity contribution in [1.82, 2.24) is 0 Å². The summed E-state index contributed by atoms with van der Waals surface area (Å²) in [5, 5.41) is 47.4. The van der Waals surface area contributed by atoms with Crippen molar-refractivity contribution in [2.45, 2.75) is 85.7 Å². The first-order valence-electron chi connectivity index (χ1n) is 18.7. The lowest BCUT2D eigenvalue weighted by atomic mass is 9.94. The Balaban J connectivity index is 0.000000296. The molecule has 0 fully saturated rings. The standard InChI is InChI=1S/C22H29NO5.C21H27NO5/c1-5-23-17-11-16-7-6-8-18(24)14(3)19(25)10-9-13(2)15(4)28-22(27)21(16)20(26)12-17;1-12-8-9-18(24)13(2)17(23)7-5-6-15-10-16(22-4)11-19(25)20(15)21(26)27-14(12)3/h6-7,9-15,18,23-24,26H,5,8H2,1-4H3;5-6,8-14,17,22-23,25H,7H2,1-4H3/b7-6+,10-9-;6-5+,9-8-/t13-,14+,15+,18+;12-,13+,14+,17+/m11/s1. The molecule has 0 saturated carbocycles. The van der Waals surface area contributed by atoms with Gasteiger partial charge < -0.3 is 40.5 Å². The van der Waals surface area contributed by atoms with E-state index >= 15 is 0 Å². The number of rotatable bonds is 3. The number of allylic oxidation sites excluding steroid dienone is 2. The van der Waals surface area contributed by atoms with Crippen molar-refractivity contribution in [1.29, 1.82) is 0 Å². The molecule has 4 rings (SSSR count). The van der Waals surface area contributed by atoms with Crippen molar-refractivity contribution in [2.75, 3.05) is 24.2 Å². The molecule has 2 aliphatic rings. The van der Waals surface area contributed by atoms with Crippen LogP contribution in [-0.4, -0.2) is 81.9 Å². The van der Waals surface area contributed by atoms with Crippen molar-refractivity contribution in [3.63, 3.8) is 0 Å². The molecule has 0 radical (unpaired) electrons. The number of hydrogen-bond donors (Lipinski definition) is 6. The van der Waals surface area contributed by atoms with Gasteiger partial charge >= 0.3 is 11.9 Å². The second-order valence-corrected chi connectivity index (χ2v) is 14.1. The number of fused-ring (bicyclic) bond motifs is 2. The smallest absolute Gasteiger partial charge is 0.342 e. The van der Waals surface area contributed by atoms with Crippen LogP contribution in [0.2, 0.25) is 0 Å². The maximum atomic E-state index is 12.7. The minimum Gasteiger partial charge on any atom is -0.507 e. The third-order valence-corrected chi connectivity index (χ3v) is 9.97. The highest BCUT2D eigenvalue weighted by molar-refractivity contribution is 5.98. The number of aliphatic hydroxyl groups is 2. The van der Waals surface area contributed by atoms with Crippen molar-refractivity contribution in [3.8, 4) is 11.5 Å². The molecule has 55 heavy (non-hydrogen) atoms. The molecule has 2 aromatic rings. The Morgan fingerprint density at radius 2 is 1.04 bits per heavy atom. The van der Waals surface area contributed by atoms with Gasteiger partial charge in [-0.3, -0.25) is 9.59 Å². The fraction of sp³-hybridized carbons (Fsp3) is 0.442. The van der Waals surface area contributed by atoms with Gasteiger partial charge in [-0.25, -0.2) is 9.59 Å². The number of phenolic OH excluding ortho intramolecular Hbond substituents is 2. The molecule has 0 saturated heterocycles. The van der Waals surface area contributed by atoms with Crippen LogP contribution < -0.4 is 10.6 Å². The number of esters is 2. The summed E-state index contributed by atoms with van der Waals surface area (Å²) in [6.45, 7) is 13.1. The van der Waals surface area contributed by atoms with Gasteiger partial charge in [-0.15, -0.1) is 0 Å². The summed E-state index contributed by atoms with van der Waals surface area (Å²) in [5.74, 6) is -3.47. The molecule has 8 atom stereocenters. The SMILES string of the molecule is CCNc1cc(O)c2c(c1)/C=C/C[C@H](O)[C@H](C)C(=O)/C=C\[C@@H](C)[C@H](C)OC2=O.CNc1cc(O)c2c(c1)/C=C/C[C@H](O)[C@H](C)C(=O)/C=C\[C@@H](C)[C@H](C)OC2=O. The van der Waals surface area contributed by atoms with E-state index in [2.05, 4.69) is 10.6 Å². The van der Waals surface area contributed by atoms with Crippen molar-refractivity contribution >= 4 is 47.0 Å². The quantitative estimate of drug-likeness (QED) is 0.182. The number of aromatic hydroxyl groups is 2. The van der Waals surface area contributed by atoms with E-state index in [1.807, 2.05) is 20.8 Å². The molecular weight excluding hydrogens is 704 g/mol. The van der Waals surface area contributed by atoms with Crippen LogP contribution in [0.25, 0.3) is 12.2 Å². The molecular formula is C43H56N2O10. The molecule has 0 amide bonds. The molecule has 298 valence electrons. The molecule has 0 aromatic heterocycles. The summed E-state index contributed by atoms with van der Waals surface area (Å²) in [4.78, 5) is 49.8. The van der Waals surface area contributed by atoms with Crippen LogP contribution in [-0.2, 0) is 19.1 Å². The lowest BCUT2D eigenvalue weighted by molar-refractivity contribution is -0.121. The van der Waals surface area contributed by atoms with E-state index in [1.54, 1.807) is 83.3 Å². The van der Waals surface area contributed by atoms with Gasteiger partial charge in [0.2, 0.25) is 0 Å². The Bertz CT molecular complexity index is 1810. The highest BCUT2D eigenvalue weighted by Gasteiger charge is 2.26. The minimum atomic E-state index is -0.843. The van der Waals surface area contributed by atoms with Crippen LogP contribution in [0, 0.1) is 23.7 Å². The van der Waals surface area contributed by atoms with E-state index in [1.165, 1.54) is 24.3 Å². The van der Waals surface area contributed by atoms with Crippen LogP contribution in [0.1, 0.15) is 93.2 Å². The predicted octanol–water partition coefficient (Wildman–Crippen LogP) is 6.70. The van der Waals surface area contributed by atoms with Gasteiger partial charge in [0, 0.05) is 60.8 Å². The molecule has 0 bridgehead atoms. The first kappa shape index (κ1) is 44.2. The molecule has 0 spiro atoms. The number of benzene rings is 2. The Labute approximate surface area is 323 Å². The Hall–Kier alpha value is -5.20. The van der Waals surface area contributed by atoms with Crippen LogP contribution >= 0.6 is 0 Å². The summed E-state index contributed by atoms with van der Waals surface area (Å²) in [6, 6.07) is 6.41. The van der Waals surface area contributed by atoms with Gasteiger partial charge in [0.1, 0.15) is 34.8 Å². The van der Waals surface area contributed by atoms with Gasteiger partial charge in [0.15, 0.2) is 11.6 Å². The largest absolute Gasteiger partial charge is 0.507 e. The summed E-state index contributed by atoms with van der Waals surface area (Å²) in [7, 11) is 1.71. The van der Waals surface area contributed by atoms with Crippen molar-refractivity contribution in [2.24, 2.45) is 23.7 Å². The number of anilines is 2. The van der Waals surface area contributed by atoms with E-state index in [9.17, 15) is 39.6 Å². The molecule has 2 heterocycles. The van der Waals surface area contributed by atoms with Gasteiger partial charge in [0.25, 0.3) is 0 Å². The summed E-state index contributed by atoms with van der Waals surface area (Å²) >= 11 is 0. The molecule has 12 heteroatoms. The van der Waals surface area contributed by atoms with Gasteiger partial charge in [-0.05, 0) is 69.0 Å². The third-order valence-electron chi connectivity index (χ3n) is 9.97. The number of ketones is 2. The zero-order valence-electron chi connectivity index (χ0n) is 32.9. The molecule has 12 nitrogen and oxygen atoms in total. The fourth-order valence-electron chi connectivity index (χ4n) is 5.69. The van der Waals surface area contributed by atoms with Crippen molar-refractivity contribution < 1.29 is 49.1 Å². The monoisotopic (exact) mass is 760 g/mol. The van der Waals surface area contributed by atoms with E-state index < -0.39 is 48.2 Å². The number of carbonyl (C=O) groups is 4. The lowest BCUT2D eigenvalue weighted by Crippen LogP contribution is -2.25. The maximum absolute atomic E-state index is 12.7. The average molecular weight is 761 g/mol. The third kappa shape index (κ3) is 12.1. The number of hydrogen-bond acceptors (Lipinski definition) is 12. The minimum absolute atomic E-state index is 0.0731. The van der Waals surface area contributed by atoms with Crippen LogP contribution in [0.4, 0.5) is 11.4 Å². The number of phenols is 2. The first-order chi connectivity index (χ1) is 26.0. The van der Waals surface area contributed by atoms with E-state index in [0.717, 1.165) is 0 Å². The van der Waals surface area contributed by atoms with E-state index in [4.69, 9.17) is 9.47 Å². The highest BCUT2D eigenvalue weighted by atomic mass is 16.5. The molecule has 0 aliphatic carbocycles. The van der Waals surface area contributed by atoms with Gasteiger partial charge in [-0.2, -0.15) is 0 Å². The van der Waals surface area contributed by atoms with Crippen molar-refractivity contribution in [3.05, 3.63) is 83.0 Å². The number of nitrogens with one attached hydrogen (secondary N) is 2. The van der Waals surface area contributed by atoms with Gasteiger partial charge in [-0.1, -0.05) is 64.2 Å². The van der Waals surface area contributed by atoms with Crippen LogP contribution in [0.15, 0.2) is 60.7 Å². The second kappa shape index (κ2) is 20.5. The zero-order valence-corrected chi connectivity index (χ0v) is 32.9. The molecule has 2 aliphatic heterocycles. The van der Waals surface area contributed by atoms with Gasteiger partial charge in [0.05, 0.1) is 12.2 Å². The number of carbonyl (C=O) groups excluding carboxylic acids is 4. The summed E-state index contributed by atoms with van der Waals surface area (Å²) < 4.78 is 11.0. The first-order valence-corrected chi connectivity index (χ1v) is 18.7. The Morgan fingerprint density at radius 1 is 0.636 bits per heavy atom. The molecule has 6 N–H and O–H groups in total. The average Bonchev–Trinajstić information content (AvgIpc) is 3.13. The Kier molecular flexibility index (Phi) is 16.5. The summed E-state index contributed by atoms with van der Waals surface area (Å²) in [6.07, 6.45) is 10.7. The zero-order chi connectivity index (χ0) is 41.0. The van der Waals surface area contributed by atoms with E-state index in [0.29, 0.717) is 29.0 Å². The highest BCUT2D eigenvalue weighted by Crippen LogP contribution is 2.31. The maximum Gasteiger partial charge on any atom is 0.342 e. The molecule has 0 unspecified atom stereocenters. The fourth-order valence-corrected chi connectivity index (χ4v) is 5.69. The number of aliphatic hydroxyl groups excluding tert-OH is 2. The lowest BCUT2D eigenvalue weighted by Gasteiger charge is -2.20. The molecule has 2 aromatic carbocycles. The Morgan fingerprint density at radius 3 is 1.44 bits per heavy atom. The predicted molar refractivity (Wildman–Crippen MR) is 214 cm³/mol. The van der Waals surface area contributed by atoms with Crippen LogP contribution in [0.3, 0.4) is 0 Å². The number of cyclic esters (lactones) is 2. The summed E-state index contributed by atoms with van der Waals surface area (Å²) in [5.41, 5.74) is 2.42. The van der Waals surface area contributed by atoms with E-state index in [-0.39, 0.29) is 58.9 Å². The van der Waals surface area contributed by atoms with Crippen LogP contribution in [0.5, 0.6) is 11.5 Å². The second-order valence-electron chi connectivity index (χ2n) is 14.1.